The zero-order chi connectivity index (χ0) is 13.3. The maximum Gasteiger partial charge on any atom is 0.244 e. The van der Waals surface area contributed by atoms with Gasteiger partial charge in [-0.2, -0.15) is 5.10 Å². The Bertz CT molecular complexity index is 455. The van der Waals surface area contributed by atoms with Gasteiger partial charge in [0.05, 0.1) is 15.9 Å². The first kappa shape index (κ1) is 13.6. The number of hydrogen-bond acceptors (Lipinski definition) is 2. The molecule has 1 amide bonds. The maximum absolute atomic E-state index is 12.2. The number of halogens is 1. The zero-order valence-corrected chi connectivity index (χ0v) is 12.8. The van der Waals surface area contributed by atoms with Gasteiger partial charge in [0.25, 0.3) is 0 Å². The average molecular weight is 314 g/mol. The van der Waals surface area contributed by atoms with Gasteiger partial charge in [-0.25, -0.2) is 0 Å². The topological polar surface area (TPSA) is 38.1 Å². The van der Waals surface area contributed by atoms with E-state index in [-0.39, 0.29) is 5.91 Å². The maximum atomic E-state index is 12.2. The molecule has 1 aliphatic heterocycles. The molecule has 1 saturated heterocycles. The molecule has 1 aromatic rings. The standard InChI is InChI=1S/C13H20BrN3O/c1-9-5-4-6-16(7-9)12(18)8-17-11(3)13(14)10(2)15-17/h9H,4-8H2,1-3H3. The van der Waals surface area contributed by atoms with Crippen molar-refractivity contribution in [2.75, 3.05) is 13.1 Å². The number of aryl methyl sites for hydroxylation is 1. The molecule has 0 radical (unpaired) electrons. The minimum Gasteiger partial charge on any atom is -0.341 e. The van der Waals surface area contributed by atoms with Gasteiger partial charge < -0.3 is 4.90 Å². The quantitative estimate of drug-likeness (QED) is 0.841. The highest BCUT2D eigenvalue weighted by Crippen LogP contribution is 2.20. The summed E-state index contributed by atoms with van der Waals surface area (Å²) in [6, 6.07) is 0. The van der Waals surface area contributed by atoms with Crippen LogP contribution >= 0.6 is 15.9 Å². The number of aromatic nitrogens is 2. The highest BCUT2D eigenvalue weighted by atomic mass is 79.9. The normalized spacial score (nSPS) is 20.2. The van der Waals surface area contributed by atoms with Crippen LogP contribution in [0.5, 0.6) is 0 Å². The summed E-state index contributed by atoms with van der Waals surface area (Å²) in [4.78, 5) is 14.2. The summed E-state index contributed by atoms with van der Waals surface area (Å²) in [7, 11) is 0. The molecule has 0 N–H and O–H groups in total. The van der Waals surface area contributed by atoms with Crippen LogP contribution in [0, 0.1) is 19.8 Å². The molecule has 0 spiro atoms. The van der Waals surface area contributed by atoms with Crippen molar-refractivity contribution < 1.29 is 4.79 Å². The Kier molecular flexibility index (Phi) is 4.10. The molecule has 4 nitrogen and oxygen atoms in total. The molecule has 1 aliphatic rings. The van der Waals surface area contributed by atoms with Gasteiger partial charge in [-0.15, -0.1) is 0 Å². The largest absolute Gasteiger partial charge is 0.341 e. The minimum atomic E-state index is 0.180. The lowest BCUT2D eigenvalue weighted by molar-refractivity contribution is -0.133. The van der Waals surface area contributed by atoms with E-state index in [1.165, 1.54) is 6.42 Å². The highest BCUT2D eigenvalue weighted by Gasteiger charge is 2.22. The molecule has 1 fully saturated rings. The van der Waals surface area contributed by atoms with Gasteiger partial charge in [-0.05, 0) is 48.5 Å². The lowest BCUT2D eigenvalue weighted by Gasteiger charge is -2.31. The van der Waals surface area contributed by atoms with Crippen LogP contribution in [0.3, 0.4) is 0 Å². The molecule has 1 aromatic heterocycles. The van der Waals surface area contributed by atoms with Crippen molar-refractivity contribution >= 4 is 21.8 Å². The van der Waals surface area contributed by atoms with Crippen molar-refractivity contribution in [3.05, 3.63) is 15.9 Å². The van der Waals surface area contributed by atoms with Gasteiger partial charge in [-0.3, -0.25) is 9.48 Å². The molecule has 0 aromatic carbocycles. The zero-order valence-electron chi connectivity index (χ0n) is 11.2. The number of hydrogen-bond donors (Lipinski definition) is 0. The van der Waals surface area contributed by atoms with Crippen molar-refractivity contribution in [2.45, 2.75) is 40.2 Å². The fraction of sp³-hybridized carbons (Fsp3) is 0.692. The van der Waals surface area contributed by atoms with E-state index in [0.29, 0.717) is 12.5 Å². The van der Waals surface area contributed by atoms with Crippen LogP contribution in [0.2, 0.25) is 0 Å². The lowest BCUT2D eigenvalue weighted by Crippen LogP contribution is -2.41. The third-order valence-electron chi connectivity index (χ3n) is 3.59. The van der Waals surface area contributed by atoms with E-state index >= 15 is 0 Å². The molecule has 0 aliphatic carbocycles. The number of nitrogens with zero attached hydrogens (tertiary/aromatic N) is 3. The number of amides is 1. The number of likely N-dealkylation sites (tertiary alicyclic amines) is 1. The van der Waals surface area contributed by atoms with E-state index in [4.69, 9.17) is 0 Å². The first-order chi connectivity index (χ1) is 8.49. The molecule has 0 bridgehead atoms. The summed E-state index contributed by atoms with van der Waals surface area (Å²) < 4.78 is 2.79. The number of rotatable bonds is 2. The summed E-state index contributed by atoms with van der Waals surface area (Å²) >= 11 is 3.49. The molecule has 100 valence electrons. The van der Waals surface area contributed by atoms with Crippen molar-refractivity contribution in [2.24, 2.45) is 5.92 Å². The van der Waals surface area contributed by atoms with Gasteiger partial charge in [0.2, 0.25) is 5.91 Å². The van der Waals surface area contributed by atoms with Gasteiger partial charge in [0.15, 0.2) is 0 Å². The minimum absolute atomic E-state index is 0.180. The predicted molar refractivity (Wildman–Crippen MR) is 74.4 cm³/mol. The number of piperidine rings is 1. The summed E-state index contributed by atoms with van der Waals surface area (Å²) in [5.74, 6) is 0.801. The third-order valence-corrected chi connectivity index (χ3v) is 4.74. The Morgan fingerprint density at radius 2 is 2.22 bits per heavy atom. The Labute approximate surface area is 116 Å². The second-order valence-electron chi connectivity index (χ2n) is 5.23. The Balaban J connectivity index is 2.04. The number of carbonyl (C=O) groups is 1. The second kappa shape index (κ2) is 5.43. The van der Waals surface area contributed by atoms with Gasteiger partial charge in [-0.1, -0.05) is 6.92 Å². The van der Waals surface area contributed by atoms with Crippen molar-refractivity contribution in [3.63, 3.8) is 0 Å². The lowest BCUT2D eigenvalue weighted by atomic mass is 10.0. The molecule has 1 unspecified atom stereocenters. The van der Waals surface area contributed by atoms with Crippen molar-refractivity contribution in [3.8, 4) is 0 Å². The molecule has 18 heavy (non-hydrogen) atoms. The SMILES string of the molecule is Cc1nn(CC(=O)N2CCCC(C)C2)c(C)c1Br. The average Bonchev–Trinajstić information content (AvgIpc) is 2.57. The summed E-state index contributed by atoms with van der Waals surface area (Å²) in [6.07, 6.45) is 2.35. The van der Waals surface area contributed by atoms with Gasteiger partial charge >= 0.3 is 0 Å². The van der Waals surface area contributed by atoms with Gasteiger partial charge in [0, 0.05) is 13.1 Å². The van der Waals surface area contributed by atoms with E-state index in [2.05, 4.69) is 28.0 Å². The molecule has 0 saturated carbocycles. The van der Waals surface area contributed by atoms with Crippen LogP contribution in [0.1, 0.15) is 31.2 Å². The van der Waals surface area contributed by atoms with E-state index in [0.717, 1.165) is 35.4 Å². The van der Waals surface area contributed by atoms with Crippen LogP contribution in [0.15, 0.2) is 4.47 Å². The first-order valence-corrected chi connectivity index (χ1v) is 7.25. The fourth-order valence-corrected chi connectivity index (χ4v) is 2.76. The third kappa shape index (κ3) is 2.76. The predicted octanol–water partition coefficient (Wildman–Crippen LogP) is 2.52. The van der Waals surface area contributed by atoms with E-state index < -0.39 is 0 Å². The van der Waals surface area contributed by atoms with Gasteiger partial charge in [0.1, 0.15) is 6.54 Å². The first-order valence-electron chi connectivity index (χ1n) is 6.46. The molecular formula is C13H20BrN3O. The van der Waals surface area contributed by atoms with Crippen LogP contribution in [-0.2, 0) is 11.3 Å². The van der Waals surface area contributed by atoms with E-state index in [9.17, 15) is 4.79 Å². The van der Waals surface area contributed by atoms with Crippen molar-refractivity contribution in [1.82, 2.24) is 14.7 Å². The van der Waals surface area contributed by atoms with Crippen LogP contribution in [0.25, 0.3) is 0 Å². The van der Waals surface area contributed by atoms with Crippen LogP contribution in [-0.4, -0.2) is 33.7 Å². The highest BCUT2D eigenvalue weighted by molar-refractivity contribution is 9.10. The Hall–Kier alpha value is -0.840. The van der Waals surface area contributed by atoms with E-state index in [1.54, 1.807) is 4.68 Å². The van der Waals surface area contributed by atoms with Crippen molar-refractivity contribution in [1.29, 1.82) is 0 Å². The number of carbonyl (C=O) groups excluding carboxylic acids is 1. The Morgan fingerprint density at radius 3 is 2.78 bits per heavy atom. The summed E-state index contributed by atoms with van der Waals surface area (Å²) in [6.45, 7) is 8.27. The van der Waals surface area contributed by atoms with Crippen LogP contribution in [0.4, 0.5) is 0 Å². The molecule has 5 heteroatoms. The van der Waals surface area contributed by atoms with Crippen LogP contribution < -0.4 is 0 Å². The summed E-state index contributed by atoms with van der Waals surface area (Å²) in [5, 5.41) is 4.39. The smallest absolute Gasteiger partial charge is 0.244 e. The molecule has 2 rings (SSSR count). The van der Waals surface area contributed by atoms with E-state index in [1.807, 2.05) is 18.7 Å². The molecular weight excluding hydrogens is 294 g/mol. The monoisotopic (exact) mass is 313 g/mol. The molecule has 2 heterocycles. The molecule has 1 atom stereocenters. The second-order valence-corrected chi connectivity index (χ2v) is 6.02. The Morgan fingerprint density at radius 1 is 1.50 bits per heavy atom. The summed E-state index contributed by atoms with van der Waals surface area (Å²) in [5.41, 5.74) is 1.96. The fourth-order valence-electron chi connectivity index (χ4n) is 2.47.